The SMILES string of the molecule is CN1C2CCC1CC(C(=O)c1ccc(F)cc1)C2. The van der Waals surface area contributed by atoms with Gasteiger partial charge in [0.1, 0.15) is 5.82 Å². The van der Waals surface area contributed by atoms with Crippen LogP contribution in [0.2, 0.25) is 0 Å². The molecule has 2 aliphatic heterocycles. The molecule has 2 saturated heterocycles. The maximum Gasteiger partial charge on any atom is 0.166 e. The highest BCUT2D eigenvalue weighted by atomic mass is 19.1. The van der Waals surface area contributed by atoms with Crippen LogP contribution in [-0.4, -0.2) is 29.8 Å². The number of nitrogens with zero attached hydrogens (tertiary/aromatic N) is 1. The summed E-state index contributed by atoms with van der Waals surface area (Å²) in [7, 11) is 2.17. The number of Topliss-reactive ketones (excluding diaryl/α,β-unsaturated/α-hetero) is 1. The molecule has 2 heterocycles. The summed E-state index contributed by atoms with van der Waals surface area (Å²) in [6, 6.07) is 7.10. The van der Waals surface area contributed by atoms with Crippen LogP contribution < -0.4 is 0 Å². The number of piperidine rings is 1. The quantitative estimate of drug-likeness (QED) is 0.749. The van der Waals surface area contributed by atoms with Crippen molar-refractivity contribution in [1.82, 2.24) is 4.90 Å². The summed E-state index contributed by atoms with van der Waals surface area (Å²) in [5.74, 6) is 0.0409. The van der Waals surface area contributed by atoms with Crippen molar-refractivity contribution in [2.45, 2.75) is 37.8 Å². The highest BCUT2D eigenvalue weighted by Crippen LogP contribution is 2.38. The molecule has 2 bridgehead atoms. The summed E-state index contributed by atoms with van der Waals surface area (Å²) in [6.07, 6.45) is 4.36. The smallest absolute Gasteiger partial charge is 0.166 e. The van der Waals surface area contributed by atoms with E-state index in [-0.39, 0.29) is 17.5 Å². The van der Waals surface area contributed by atoms with Crippen LogP contribution in [0.5, 0.6) is 0 Å². The summed E-state index contributed by atoms with van der Waals surface area (Å²) in [5.41, 5.74) is 0.658. The molecule has 1 aromatic rings. The van der Waals surface area contributed by atoms with Gasteiger partial charge in [0.2, 0.25) is 0 Å². The first-order valence-corrected chi connectivity index (χ1v) is 6.67. The van der Waals surface area contributed by atoms with Crippen LogP contribution in [0.1, 0.15) is 36.0 Å². The lowest BCUT2D eigenvalue weighted by molar-refractivity contribution is 0.0767. The number of benzene rings is 1. The fourth-order valence-corrected chi connectivity index (χ4v) is 3.48. The van der Waals surface area contributed by atoms with Gasteiger partial charge in [-0.15, -0.1) is 0 Å². The Morgan fingerprint density at radius 1 is 1.17 bits per heavy atom. The first-order chi connectivity index (χ1) is 8.65. The third-order valence-electron chi connectivity index (χ3n) is 4.60. The van der Waals surface area contributed by atoms with Gasteiger partial charge in [-0.05, 0) is 57.0 Å². The van der Waals surface area contributed by atoms with Crippen molar-refractivity contribution in [2.24, 2.45) is 5.92 Å². The summed E-state index contributed by atoms with van der Waals surface area (Å²) >= 11 is 0. The van der Waals surface area contributed by atoms with Crippen molar-refractivity contribution in [3.05, 3.63) is 35.6 Å². The van der Waals surface area contributed by atoms with Gasteiger partial charge in [-0.2, -0.15) is 0 Å². The zero-order valence-electron chi connectivity index (χ0n) is 10.6. The molecule has 2 atom stereocenters. The van der Waals surface area contributed by atoms with Crippen LogP contribution in [0.15, 0.2) is 24.3 Å². The van der Waals surface area contributed by atoms with E-state index in [4.69, 9.17) is 0 Å². The molecular weight excluding hydrogens is 229 g/mol. The maximum atomic E-state index is 12.9. The molecule has 2 unspecified atom stereocenters. The molecule has 0 aliphatic carbocycles. The van der Waals surface area contributed by atoms with Crippen molar-refractivity contribution in [2.75, 3.05) is 7.05 Å². The largest absolute Gasteiger partial charge is 0.300 e. The molecule has 1 aromatic carbocycles. The van der Waals surface area contributed by atoms with E-state index in [1.54, 1.807) is 12.1 Å². The maximum absolute atomic E-state index is 12.9. The van der Waals surface area contributed by atoms with E-state index in [2.05, 4.69) is 11.9 Å². The number of rotatable bonds is 2. The van der Waals surface area contributed by atoms with E-state index < -0.39 is 0 Å². The normalized spacial score (nSPS) is 31.6. The molecule has 2 nitrogen and oxygen atoms in total. The molecule has 0 N–H and O–H groups in total. The van der Waals surface area contributed by atoms with Gasteiger partial charge in [0, 0.05) is 23.6 Å². The molecule has 0 amide bonds. The van der Waals surface area contributed by atoms with Crippen LogP contribution >= 0.6 is 0 Å². The zero-order valence-corrected chi connectivity index (χ0v) is 10.6. The van der Waals surface area contributed by atoms with E-state index in [1.807, 2.05) is 0 Å². The third-order valence-corrected chi connectivity index (χ3v) is 4.60. The van der Waals surface area contributed by atoms with Gasteiger partial charge in [-0.25, -0.2) is 4.39 Å². The standard InChI is InChI=1S/C15H18FNO/c1-17-13-6-7-14(17)9-11(8-13)15(18)10-2-4-12(16)5-3-10/h2-5,11,13-14H,6-9H2,1H3. The monoisotopic (exact) mass is 247 g/mol. The first-order valence-electron chi connectivity index (χ1n) is 6.67. The summed E-state index contributed by atoms with van der Waals surface area (Å²) in [6.45, 7) is 0. The lowest BCUT2D eigenvalue weighted by Gasteiger charge is -2.35. The van der Waals surface area contributed by atoms with Crippen molar-refractivity contribution < 1.29 is 9.18 Å². The molecule has 3 rings (SSSR count). The summed E-state index contributed by atoms with van der Waals surface area (Å²) in [4.78, 5) is 14.8. The number of hydrogen-bond donors (Lipinski definition) is 0. The predicted octanol–water partition coefficient (Wildman–Crippen LogP) is 2.88. The second kappa shape index (κ2) is 4.47. The first kappa shape index (κ1) is 11.8. The van der Waals surface area contributed by atoms with Gasteiger partial charge in [0.05, 0.1) is 0 Å². The van der Waals surface area contributed by atoms with Crippen LogP contribution in [0.25, 0.3) is 0 Å². The van der Waals surface area contributed by atoms with Crippen LogP contribution in [0, 0.1) is 11.7 Å². The van der Waals surface area contributed by atoms with Gasteiger partial charge in [0.25, 0.3) is 0 Å². The Bertz CT molecular complexity index is 442. The zero-order chi connectivity index (χ0) is 12.7. The Morgan fingerprint density at radius 2 is 1.72 bits per heavy atom. The Balaban J connectivity index is 1.76. The number of carbonyl (C=O) groups excluding carboxylic acids is 1. The van der Waals surface area contributed by atoms with Gasteiger partial charge in [-0.3, -0.25) is 4.79 Å². The van der Waals surface area contributed by atoms with Crippen LogP contribution in [-0.2, 0) is 0 Å². The minimum absolute atomic E-state index is 0.129. The van der Waals surface area contributed by atoms with E-state index in [0.717, 1.165) is 12.8 Å². The molecule has 0 saturated carbocycles. The van der Waals surface area contributed by atoms with Crippen LogP contribution in [0.3, 0.4) is 0 Å². The highest BCUT2D eigenvalue weighted by molar-refractivity contribution is 5.98. The molecule has 18 heavy (non-hydrogen) atoms. The van der Waals surface area contributed by atoms with Crippen molar-refractivity contribution in [3.8, 4) is 0 Å². The predicted molar refractivity (Wildman–Crippen MR) is 68.0 cm³/mol. The highest BCUT2D eigenvalue weighted by Gasteiger charge is 2.40. The molecule has 3 heteroatoms. The van der Waals surface area contributed by atoms with Crippen molar-refractivity contribution >= 4 is 5.78 Å². The Hall–Kier alpha value is -1.22. The van der Waals surface area contributed by atoms with E-state index >= 15 is 0 Å². The molecule has 0 aromatic heterocycles. The number of ketones is 1. The topological polar surface area (TPSA) is 20.3 Å². The van der Waals surface area contributed by atoms with Crippen molar-refractivity contribution in [1.29, 1.82) is 0 Å². The molecule has 96 valence electrons. The molecule has 0 radical (unpaired) electrons. The average Bonchev–Trinajstić information content (AvgIpc) is 2.62. The third kappa shape index (κ3) is 1.97. The van der Waals surface area contributed by atoms with Gasteiger partial charge < -0.3 is 4.90 Å². The fraction of sp³-hybridized carbons (Fsp3) is 0.533. The number of fused-ring (bicyclic) bond motifs is 2. The summed E-state index contributed by atoms with van der Waals surface area (Å²) < 4.78 is 12.9. The van der Waals surface area contributed by atoms with E-state index in [9.17, 15) is 9.18 Å². The van der Waals surface area contributed by atoms with Gasteiger partial charge in [0.15, 0.2) is 5.78 Å². The minimum Gasteiger partial charge on any atom is -0.300 e. The Morgan fingerprint density at radius 3 is 2.28 bits per heavy atom. The van der Waals surface area contributed by atoms with E-state index in [0.29, 0.717) is 17.6 Å². The van der Waals surface area contributed by atoms with Crippen LogP contribution in [0.4, 0.5) is 4.39 Å². The number of halogens is 1. The second-order valence-corrected chi connectivity index (χ2v) is 5.59. The number of hydrogen-bond acceptors (Lipinski definition) is 2. The van der Waals surface area contributed by atoms with Gasteiger partial charge >= 0.3 is 0 Å². The van der Waals surface area contributed by atoms with Crippen molar-refractivity contribution in [3.63, 3.8) is 0 Å². The molecular formula is C15H18FNO. The van der Waals surface area contributed by atoms with E-state index in [1.165, 1.54) is 25.0 Å². The van der Waals surface area contributed by atoms with Gasteiger partial charge in [-0.1, -0.05) is 0 Å². The average molecular weight is 247 g/mol. The second-order valence-electron chi connectivity index (χ2n) is 5.59. The minimum atomic E-state index is -0.282. The molecule has 2 fully saturated rings. The fourth-order valence-electron chi connectivity index (χ4n) is 3.48. The molecule has 2 aliphatic rings. The lowest BCUT2D eigenvalue weighted by Crippen LogP contribution is -2.42. The lowest BCUT2D eigenvalue weighted by atomic mass is 9.85. The Kier molecular flexibility index (Phi) is 2.94. The number of carbonyl (C=O) groups is 1. The molecule has 0 spiro atoms. The summed E-state index contributed by atoms with van der Waals surface area (Å²) in [5, 5.41) is 0. The Labute approximate surface area is 107 Å².